The van der Waals surface area contributed by atoms with Gasteiger partial charge in [-0.25, -0.2) is 9.98 Å². The molecular weight excluding hydrogens is 206 g/mol. The number of nitrogens with zero attached hydrogens (tertiary/aromatic N) is 2. The van der Waals surface area contributed by atoms with E-state index in [1.54, 1.807) is 11.3 Å². The fourth-order valence-electron chi connectivity index (χ4n) is 1.95. The smallest absolute Gasteiger partial charge is 0.208 e. The van der Waals surface area contributed by atoms with Gasteiger partial charge in [-0.15, -0.1) is 0 Å². The Bertz CT molecular complexity index is 346. The van der Waals surface area contributed by atoms with Crippen LogP contribution in [0.2, 0.25) is 0 Å². The molecule has 0 amide bonds. The van der Waals surface area contributed by atoms with Gasteiger partial charge in [-0.05, 0) is 38.9 Å². The van der Waals surface area contributed by atoms with Gasteiger partial charge in [-0.1, -0.05) is 18.3 Å². The number of fused-ring (bicyclic) bond motifs is 1. The van der Waals surface area contributed by atoms with E-state index in [-0.39, 0.29) is 0 Å². The fraction of sp³-hybridized carbons (Fsp3) is 0.636. The molecule has 3 nitrogen and oxygen atoms in total. The van der Waals surface area contributed by atoms with Crippen molar-refractivity contribution < 1.29 is 0 Å². The molecule has 0 aliphatic heterocycles. The minimum atomic E-state index is 0.635. The van der Waals surface area contributed by atoms with Gasteiger partial charge < -0.3 is 5.32 Å². The van der Waals surface area contributed by atoms with E-state index < -0.39 is 0 Å². The van der Waals surface area contributed by atoms with Gasteiger partial charge in [0.15, 0.2) is 0 Å². The van der Waals surface area contributed by atoms with Crippen LogP contribution in [-0.4, -0.2) is 24.3 Å². The maximum absolute atomic E-state index is 4.45. The van der Waals surface area contributed by atoms with Gasteiger partial charge in [0.05, 0.1) is 5.69 Å². The second-order valence-corrected chi connectivity index (χ2v) is 4.98. The van der Waals surface area contributed by atoms with Gasteiger partial charge in [-0.2, -0.15) is 0 Å². The molecule has 15 heavy (non-hydrogen) atoms. The van der Waals surface area contributed by atoms with Crippen LogP contribution < -0.4 is 5.32 Å². The lowest BCUT2D eigenvalue weighted by molar-refractivity contribution is 0.460. The Morgan fingerprint density at radius 3 is 3.27 bits per heavy atom. The summed E-state index contributed by atoms with van der Waals surface area (Å²) in [4.78, 5) is 9.75. The normalized spacial score (nSPS) is 19.9. The molecule has 1 N–H and O–H groups in total. The van der Waals surface area contributed by atoms with Gasteiger partial charge >= 0.3 is 0 Å². The van der Waals surface area contributed by atoms with Gasteiger partial charge in [-0.3, -0.25) is 0 Å². The highest BCUT2D eigenvalue weighted by atomic mass is 32.1. The topological polar surface area (TPSA) is 37.3 Å². The Hall–Kier alpha value is -0.740. The third-order valence-electron chi connectivity index (χ3n) is 2.75. The maximum Gasteiger partial charge on any atom is 0.208 e. The molecule has 1 aliphatic carbocycles. The van der Waals surface area contributed by atoms with Crippen LogP contribution in [0.1, 0.15) is 30.3 Å². The van der Waals surface area contributed by atoms with Crippen LogP contribution in [0.3, 0.4) is 0 Å². The number of hydrogen-bond donors (Lipinski definition) is 1. The summed E-state index contributed by atoms with van der Waals surface area (Å²) in [7, 11) is 0. The minimum Gasteiger partial charge on any atom is -0.314 e. The molecule has 1 atom stereocenters. The molecule has 0 aromatic carbocycles. The third-order valence-corrected chi connectivity index (χ3v) is 3.80. The summed E-state index contributed by atoms with van der Waals surface area (Å²) in [6.45, 7) is 6.84. The summed E-state index contributed by atoms with van der Waals surface area (Å²) in [6, 6.07) is 0.635. The van der Waals surface area contributed by atoms with E-state index in [1.165, 1.54) is 23.4 Å². The van der Waals surface area contributed by atoms with Crippen molar-refractivity contribution in [2.45, 2.75) is 38.6 Å². The zero-order valence-electron chi connectivity index (χ0n) is 9.12. The molecule has 2 rings (SSSR count). The van der Waals surface area contributed by atoms with Crippen LogP contribution in [0.25, 0.3) is 0 Å². The highest BCUT2D eigenvalue weighted by molar-refractivity contribution is 7.15. The van der Waals surface area contributed by atoms with Crippen molar-refractivity contribution in [2.24, 2.45) is 4.99 Å². The third kappa shape index (κ3) is 2.44. The van der Waals surface area contributed by atoms with E-state index in [0.717, 1.165) is 24.5 Å². The largest absolute Gasteiger partial charge is 0.314 e. The lowest BCUT2D eigenvalue weighted by Gasteiger charge is -2.21. The number of aromatic nitrogens is 1. The quantitative estimate of drug-likeness (QED) is 0.795. The Morgan fingerprint density at radius 1 is 1.67 bits per heavy atom. The van der Waals surface area contributed by atoms with E-state index in [9.17, 15) is 0 Å². The molecule has 0 radical (unpaired) electrons. The molecule has 0 fully saturated rings. The molecule has 0 bridgehead atoms. The van der Waals surface area contributed by atoms with Gasteiger partial charge in [0, 0.05) is 10.9 Å². The first-order valence-electron chi connectivity index (χ1n) is 5.52. The first-order chi connectivity index (χ1) is 7.33. The Kier molecular flexibility index (Phi) is 3.49. The maximum atomic E-state index is 4.45. The summed E-state index contributed by atoms with van der Waals surface area (Å²) >= 11 is 1.69. The summed E-state index contributed by atoms with van der Waals surface area (Å²) in [6.07, 6.45) is 4.60. The highest BCUT2D eigenvalue weighted by Gasteiger charge is 2.21. The van der Waals surface area contributed by atoms with Crippen LogP contribution in [0, 0.1) is 0 Å². The number of aliphatic imine (C=N–C) groups is 1. The summed E-state index contributed by atoms with van der Waals surface area (Å²) in [5, 5.41) is 4.40. The average Bonchev–Trinajstić information content (AvgIpc) is 2.68. The standard InChI is InChI=1S/C11H17N3S/c1-3-6-13-8-4-5-9-10(7-8)15-11(12-2)14-9/h8,13H,2-7H2,1H3/t8-/m0/s1. The predicted octanol–water partition coefficient (Wildman–Crippen LogP) is 2.33. The predicted molar refractivity (Wildman–Crippen MR) is 65.4 cm³/mol. The molecule has 0 saturated heterocycles. The molecule has 1 aliphatic rings. The van der Waals surface area contributed by atoms with E-state index in [1.807, 2.05) is 0 Å². The summed E-state index contributed by atoms with van der Waals surface area (Å²) in [5.74, 6) is 0. The molecule has 4 heteroatoms. The molecule has 0 unspecified atom stereocenters. The Labute approximate surface area is 94.7 Å². The van der Waals surface area contributed by atoms with Crippen molar-refractivity contribution in [3.05, 3.63) is 10.6 Å². The van der Waals surface area contributed by atoms with E-state index >= 15 is 0 Å². The minimum absolute atomic E-state index is 0.635. The van der Waals surface area contributed by atoms with E-state index in [0.29, 0.717) is 6.04 Å². The van der Waals surface area contributed by atoms with E-state index in [2.05, 4.69) is 28.9 Å². The monoisotopic (exact) mass is 223 g/mol. The summed E-state index contributed by atoms with van der Waals surface area (Å²) < 4.78 is 0. The van der Waals surface area contributed by atoms with Gasteiger partial charge in [0.2, 0.25) is 5.13 Å². The first-order valence-corrected chi connectivity index (χ1v) is 6.33. The lowest BCUT2D eigenvalue weighted by Crippen LogP contribution is -2.34. The second kappa shape index (κ2) is 4.86. The van der Waals surface area contributed by atoms with Crippen molar-refractivity contribution in [3.63, 3.8) is 0 Å². The number of rotatable bonds is 4. The lowest BCUT2D eigenvalue weighted by atomic mass is 9.98. The zero-order chi connectivity index (χ0) is 10.7. The van der Waals surface area contributed by atoms with Crippen LogP contribution in [0.4, 0.5) is 5.13 Å². The number of thiazole rings is 1. The van der Waals surface area contributed by atoms with Crippen molar-refractivity contribution in [2.75, 3.05) is 6.54 Å². The molecule has 0 spiro atoms. The zero-order valence-corrected chi connectivity index (χ0v) is 9.94. The molecule has 1 aromatic heterocycles. The Balaban J connectivity index is 2.02. The molecular formula is C11H17N3S. The molecule has 0 saturated carbocycles. The SMILES string of the molecule is C=Nc1nc2c(s1)C[C@@H](NCCC)CC2. The highest BCUT2D eigenvalue weighted by Crippen LogP contribution is 2.30. The van der Waals surface area contributed by atoms with Crippen LogP contribution in [0.5, 0.6) is 0 Å². The first kappa shape index (κ1) is 10.8. The number of hydrogen-bond acceptors (Lipinski definition) is 4. The molecule has 1 heterocycles. The average molecular weight is 223 g/mol. The van der Waals surface area contributed by atoms with Crippen molar-refractivity contribution in [1.29, 1.82) is 0 Å². The van der Waals surface area contributed by atoms with Crippen molar-refractivity contribution in [3.8, 4) is 0 Å². The van der Waals surface area contributed by atoms with Crippen LogP contribution in [-0.2, 0) is 12.8 Å². The number of nitrogens with one attached hydrogen (secondary N) is 1. The van der Waals surface area contributed by atoms with Crippen LogP contribution in [0.15, 0.2) is 4.99 Å². The van der Waals surface area contributed by atoms with Crippen molar-refractivity contribution in [1.82, 2.24) is 10.3 Å². The van der Waals surface area contributed by atoms with E-state index in [4.69, 9.17) is 0 Å². The Morgan fingerprint density at radius 2 is 2.53 bits per heavy atom. The second-order valence-electron chi connectivity index (χ2n) is 3.92. The van der Waals surface area contributed by atoms with Crippen LogP contribution >= 0.6 is 11.3 Å². The van der Waals surface area contributed by atoms with Gasteiger partial charge in [0.25, 0.3) is 0 Å². The van der Waals surface area contributed by atoms with Crippen molar-refractivity contribution >= 4 is 23.2 Å². The summed E-state index contributed by atoms with van der Waals surface area (Å²) in [5.41, 5.74) is 1.25. The fourth-order valence-corrected chi connectivity index (χ4v) is 2.94. The molecule has 82 valence electrons. The number of aryl methyl sites for hydroxylation is 1. The van der Waals surface area contributed by atoms with Gasteiger partial charge in [0.1, 0.15) is 0 Å². The molecule has 1 aromatic rings.